The summed E-state index contributed by atoms with van der Waals surface area (Å²) >= 11 is 0. The highest BCUT2D eigenvalue weighted by atomic mass is 16.3. The summed E-state index contributed by atoms with van der Waals surface area (Å²) in [5, 5.41) is 19.3. The Hall–Kier alpha value is -0.160. The van der Waals surface area contributed by atoms with Crippen molar-refractivity contribution < 1.29 is 10.2 Å². The van der Waals surface area contributed by atoms with E-state index in [1.807, 2.05) is 0 Å². The smallest absolute Gasteiger partial charge is 0.115 e. The SMILES string of the molecule is CC(C)(O)N(CCN)C(C)(C)O. The molecule has 0 atom stereocenters. The van der Waals surface area contributed by atoms with Crippen molar-refractivity contribution in [1.82, 2.24) is 4.90 Å². The van der Waals surface area contributed by atoms with Gasteiger partial charge in [-0.15, -0.1) is 0 Å². The van der Waals surface area contributed by atoms with Gasteiger partial charge in [0.15, 0.2) is 0 Å². The molecule has 0 amide bonds. The van der Waals surface area contributed by atoms with Crippen LogP contribution < -0.4 is 5.73 Å². The molecule has 0 aliphatic heterocycles. The van der Waals surface area contributed by atoms with Gasteiger partial charge in [0, 0.05) is 13.1 Å². The van der Waals surface area contributed by atoms with E-state index in [0.29, 0.717) is 13.1 Å². The van der Waals surface area contributed by atoms with Crippen LogP contribution in [0.5, 0.6) is 0 Å². The largest absolute Gasteiger partial charge is 0.376 e. The highest BCUT2D eigenvalue weighted by molar-refractivity contribution is 4.78. The minimum absolute atomic E-state index is 0.411. The Morgan fingerprint density at radius 1 is 1.08 bits per heavy atom. The molecule has 0 spiro atoms. The van der Waals surface area contributed by atoms with E-state index in [2.05, 4.69) is 0 Å². The van der Waals surface area contributed by atoms with Crippen molar-refractivity contribution in [2.45, 2.75) is 39.1 Å². The van der Waals surface area contributed by atoms with Crippen molar-refractivity contribution in [3.63, 3.8) is 0 Å². The summed E-state index contributed by atoms with van der Waals surface area (Å²) in [5.74, 6) is 0. The lowest BCUT2D eigenvalue weighted by molar-refractivity contribution is -0.198. The molecule has 4 heteroatoms. The van der Waals surface area contributed by atoms with Crippen LogP contribution in [-0.2, 0) is 0 Å². The first kappa shape index (κ1) is 11.8. The first-order chi connectivity index (χ1) is 5.19. The minimum atomic E-state index is -1.04. The van der Waals surface area contributed by atoms with Gasteiger partial charge >= 0.3 is 0 Å². The van der Waals surface area contributed by atoms with E-state index < -0.39 is 11.4 Å². The second kappa shape index (κ2) is 3.70. The predicted octanol–water partition coefficient (Wildman–Crippen LogP) is -0.296. The van der Waals surface area contributed by atoms with Crippen LogP contribution in [0, 0.1) is 0 Å². The van der Waals surface area contributed by atoms with Crippen molar-refractivity contribution in [2.24, 2.45) is 5.73 Å². The molecule has 0 heterocycles. The Kier molecular flexibility index (Phi) is 3.65. The molecule has 12 heavy (non-hydrogen) atoms. The third-order valence-corrected chi connectivity index (χ3v) is 1.67. The third-order valence-electron chi connectivity index (χ3n) is 1.67. The highest BCUT2D eigenvalue weighted by Gasteiger charge is 2.33. The molecular formula is C8H20N2O2. The molecule has 4 nitrogen and oxygen atoms in total. The van der Waals surface area contributed by atoms with E-state index in [4.69, 9.17) is 5.73 Å². The van der Waals surface area contributed by atoms with Crippen LogP contribution in [0.4, 0.5) is 0 Å². The topological polar surface area (TPSA) is 69.7 Å². The first-order valence-corrected chi connectivity index (χ1v) is 4.12. The second-order valence-corrected chi connectivity index (χ2v) is 3.93. The average molecular weight is 176 g/mol. The summed E-state index contributed by atoms with van der Waals surface area (Å²) in [6, 6.07) is 0. The summed E-state index contributed by atoms with van der Waals surface area (Å²) in [6.07, 6.45) is 0. The molecule has 4 N–H and O–H groups in total. The van der Waals surface area contributed by atoms with Gasteiger partial charge in [0.1, 0.15) is 11.4 Å². The van der Waals surface area contributed by atoms with E-state index in [1.165, 1.54) is 0 Å². The number of nitrogens with two attached hydrogens (primary N) is 1. The standard InChI is InChI=1S/C8H20N2O2/c1-7(2,11)10(6-5-9)8(3,4)12/h11-12H,5-6,9H2,1-4H3. The van der Waals surface area contributed by atoms with Crippen molar-refractivity contribution in [3.05, 3.63) is 0 Å². The van der Waals surface area contributed by atoms with E-state index in [1.54, 1.807) is 32.6 Å². The van der Waals surface area contributed by atoms with Crippen molar-refractivity contribution >= 4 is 0 Å². The first-order valence-electron chi connectivity index (χ1n) is 4.12. The van der Waals surface area contributed by atoms with Gasteiger partial charge in [-0.1, -0.05) is 0 Å². The number of rotatable bonds is 4. The zero-order chi connectivity index (χ0) is 9.99. The fourth-order valence-electron chi connectivity index (χ4n) is 1.35. The second-order valence-electron chi connectivity index (χ2n) is 3.93. The quantitative estimate of drug-likeness (QED) is 0.515. The lowest BCUT2D eigenvalue weighted by atomic mass is 10.1. The fraction of sp³-hybridized carbons (Fsp3) is 1.00. The van der Waals surface area contributed by atoms with Gasteiger partial charge in [-0.25, -0.2) is 4.90 Å². The minimum Gasteiger partial charge on any atom is -0.376 e. The van der Waals surface area contributed by atoms with Gasteiger partial charge in [-0.3, -0.25) is 0 Å². The number of aliphatic hydroxyl groups is 2. The van der Waals surface area contributed by atoms with Gasteiger partial charge in [-0.2, -0.15) is 0 Å². The molecule has 0 radical (unpaired) electrons. The third kappa shape index (κ3) is 3.49. The van der Waals surface area contributed by atoms with Crippen LogP contribution in [-0.4, -0.2) is 39.7 Å². The molecule has 74 valence electrons. The van der Waals surface area contributed by atoms with Crippen LogP contribution in [0.25, 0.3) is 0 Å². The molecule has 0 aromatic rings. The van der Waals surface area contributed by atoms with Crippen molar-refractivity contribution in [2.75, 3.05) is 13.1 Å². The van der Waals surface area contributed by atoms with Crippen molar-refractivity contribution in [3.8, 4) is 0 Å². The Balaban J connectivity index is 4.45. The van der Waals surface area contributed by atoms with Crippen LogP contribution in [0.15, 0.2) is 0 Å². The Morgan fingerprint density at radius 2 is 1.42 bits per heavy atom. The number of hydrogen-bond acceptors (Lipinski definition) is 4. The van der Waals surface area contributed by atoms with Gasteiger partial charge in [0.2, 0.25) is 0 Å². The lowest BCUT2D eigenvalue weighted by Crippen LogP contribution is -2.57. The summed E-state index contributed by atoms with van der Waals surface area (Å²) in [6.45, 7) is 7.38. The monoisotopic (exact) mass is 176 g/mol. The Bertz CT molecular complexity index is 121. The van der Waals surface area contributed by atoms with Gasteiger partial charge < -0.3 is 15.9 Å². The molecule has 0 aliphatic carbocycles. The molecule has 0 bridgehead atoms. The average Bonchev–Trinajstić information content (AvgIpc) is 1.77. The van der Waals surface area contributed by atoms with E-state index in [9.17, 15) is 10.2 Å². The molecule has 0 saturated heterocycles. The summed E-state index contributed by atoms with van der Waals surface area (Å²) in [4.78, 5) is 1.54. The lowest BCUT2D eigenvalue weighted by Gasteiger charge is -2.42. The van der Waals surface area contributed by atoms with Crippen molar-refractivity contribution in [1.29, 1.82) is 0 Å². The van der Waals surface area contributed by atoms with Gasteiger partial charge in [-0.05, 0) is 27.7 Å². The van der Waals surface area contributed by atoms with Crippen LogP contribution in [0.3, 0.4) is 0 Å². The number of hydrogen-bond donors (Lipinski definition) is 3. The normalized spacial score (nSPS) is 14.0. The predicted molar refractivity (Wildman–Crippen MR) is 48.4 cm³/mol. The fourth-order valence-corrected chi connectivity index (χ4v) is 1.35. The van der Waals surface area contributed by atoms with Gasteiger partial charge in [0.25, 0.3) is 0 Å². The molecule has 0 unspecified atom stereocenters. The Labute approximate surface area is 74.0 Å². The molecule has 0 rings (SSSR count). The number of nitrogens with zero attached hydrogens (tertiary/aromatic N) is 1. The maximum absolute atomic E-state index is 9.65. The molecule has 0 aliphatic rings. The Morgan fingerprint density at radius 3 is 1.50 bits per heavy atom. The van der Waals surface area contributed by atoms with Crippen LogP contribution in [0.1, 0.15) is 27.7 Å². The van der Waals surface area contributed by atoms with E-state index >= 15 is 0 Å². The summed E-state index contributed by atoms with van der Waals surface area (Å²) in [7, 11) is 0. The molecule has 0 aromatic carbocycles. The molecule has 0 saturated carbocycles. The van der Waals surface area contributed by atoms with Gasteiger partial charge in [0.05, 0.1) is 0 Å². The maximum atomic E-state index is 9.65. The highest BCUT2D eigenvalue weighted by Crippen LogP contribution is 2.19. The molecule has 0 fully saturated rings. The summed E-state index contributed by atoms with van der Waals surface area (Å²) < 4.78 is 0. The molecule has 0 aromatic heterocycles. The van der Waals surface area contributed by atoms with Crippen LogP contribution >= 0.6 is 0 Å². The zero-order valence-electron chi connectivity index (χ0n) is 8.33. The maximum Gasteiger partial charge on any atom is 0.115 e. The summed E-state index contributed by atoms with van der Waals surface area (Å²) in [5.41, 5.74) is 3.27. The van der Waals surface area contributed by atoms with Crippen LogP contribution in [0.2, 0.25) is 0 Å². The molecular weight excluding hydrogens is 156 g/mol. The van der Waals surface area contributed by atoms with E-state index in [-0.39, 0.29) is 0 Å². The van der Waals surface area contributed by atoms with E-state index in [0.717, 1.165) is 0 Å². The zero-order valence-corrected chi connectivity index (χ0v) is 8.33.